The van der Waals surface area contributed by atoms with Crippen LogP contribution in [-0.4, -0.2) is 53.2 Å². The van der Waals surface area contributed by atoms with Crippen LogP contribution in [0.25, 0.3) is 0 Å². The molecular weight excluding hydrogens is 356 g/mol. The number of carbonyl (C=O) groups is 3. The van der Waals surface area contributed by atoms with Crippen molar-refractivity contribution in [1.29, 1.82) is 0 Å². The second-order valence-corrected chi connectivity index (χ2v) is 8.69. The fourth-order valence-electron chi connectivity index (χ4n) is 5.58. The fourth-order valence-corrected chi connectivity index (χ4v) is 5.58. The summed E-state index contributed by atoms with van der Waals surface area (Å²) >= 11 is 0. The van der Waals surface area contributed by atoms with Gasteiger partial charge in [-0.3, -0.25) is 24.6 Å². The SMILES string of the molecule is NC[C@@H]1C[C@H]2CN(Cc3cccc4c3CN(C3CCC(=O)NC3=O)C4=O)C[C@@H]12. The maximum absolute atomic E-state index is 12.9. The number of rotatable bonds is 4. The number of benzene rings is 1. The van der Waals surface area contributed by atoms with Gasteiger partial charge >= 0.3 is 0 Å². The Morgan fingerprint density at radius 1 is 1.18 bits per heavy atom. The van der Waals surface area contributed by atoms with Gasteiger partial charge in [-0.1, -0.05) is 12.1 Å². The molecule has 1 aromatic carbocycles. The summed E-state index contributed by atoms with van der Waals surface area (Å²) in [6, 6.07) is 5.33. The highest BCUT2D eigenvalue weighted by Crippen LogP contribution is 2.45. The van der Waals surface area contributed by atoms with Crippen LogP contribution in [0.4, 0.5) is 0 Å². The van der Waals surface area contributed by atoms with Crippen molar-refractivity contribution < 1.29 is 14.4 Å². The third-order valence-electron chi connectivity index (χ3n) is 7.15. The van der Waals surface area contributed by atoms with Gasteiger partial charge in [0.05, 0.1) is 0 Å². The molecule has 1 unspecified atom stereocenters. The van der Waals surface area contributed by atoms with Crippen molar-refractivity contribution >= 4 is 17.7 Å². The Hall–Kier alpha value is -2.25. The lowest BCUT2D eigenvalue weighted by atomic mass is 9.67. The van der Waals surface area contributed by atoms with Crippen LogP contribution in [-0.2, 0) is 22.7 Å². The van der Waals surface area contributed by atoms with Gasteiger partial charge in [0.25, 0.3) is 5.91 Å². The van der Waals surface area contributed by atoms with Gasteiger partial charge in [0.2, 0.25) is 11.8 Å². The largest absolute Gasteiger partial charge is 0.330 e. The molecule has 148 valence electrons. The summed E-state index contributed by atoms with van der Waals surface area (Å²) in [7, 11) is 0. The van der Waals surface area contributed by atoms with E-state index in [2.05, 4.69) is 16.3 Å². The van der Waals surface area contributed by atoms with E-state index in [1.165, 1.54) is 12.0 Å². The molecule has 3 N–H and O–H groups in total. The summed E-state index contributed by atoms with van der Waals surface area (Å²) < 4.78 is 0. The average molecular weight is 382 g/mol. The molecule has 4 atom stereocenters. The summed E-state index contributed by atoms with van der Waals surface area (Å²) in [6.07, 6.45) is 1.92. The number of nitrogens with two attached hydrogens (primary N) is 1. The highest BCUT2D eigenvalue weighted by molar-refractivity contribution is 6.05. The topological polar surface area (TPSA) is 95.7 Å². The molecule has 7 nitrogen and oxygen atoms in total. The van der Waals surface area contributed by atoms with E-state index in [1.54, 1.807) is 4.90 Å². The molecule has 3 heterocycles. The number of carbonyl (C=O) groups excluding carboxylic acids is 3. The molecule has 1 saturated carbocycles. The summed E-state index contributed by atoms with van der Waals surface area (Å²) in [6.45, 7) is 4.26. The number of hydrogen-bond donors (Lipinski definition) is 2. The molecule has 1 aromatic rings. The second kappa shape index (κ2) is 6.67. The molecule has 0 bridgehead atoms. The molecule has 3 amide bonds. The Morgan fingerprint density at radius 2 is 2.04 bits per heavy atom. The molecular formula is C21H26N4O3. The lowest BCUT2D eigenvalue weighted by Crippen LogP contribution is -2.52. The lowest BCUT2D eigenvalue weighted by molar-refractivity contribution is -0.136. The van der Waals surface area contributed by atoms with Crippen molar-refractivity contribution in [2.75, 3.05) is 19.6 Å². The van der Waals surface area contributed by atoms with Gasteiger partial charge in [-0.15, -0.1) is 0 Å². The number of nitrogens with one attached hydrogen (secondary N) is 1. The Bertz CT molecular complexity index is 854. The predicted octanol–water partition coefficient (Wildman–Crippen LogP) is 0.474. The van der Waals surface area contributed by atoms with Gasteiger partial charge in [-0.2, -0.15) is 0 Å². The van der Waals surface area contributed by atoms with E-state index >= 15 is 0 Å². The first kappa shape index (κ1) is 17.8. The molecule has 5 rings (SSSR count). The molecule has 3 fully saturated rings. The molecule has 28 heavy (non-hydrogen) atoms. The Labute approximate surface area is 164 Å². The third-order valence-corrected chi connectivity index (χ3v) is 7.15. The molecule has 2 saturated heterocycles. The number of imide groups is 1. The normalized spacial score (nSPS) is 32.2. The van der Waals surface area contributed by atoms with Crippen molar-refractivity contribution in [2.45, 2.75) is 38.4 Å². The standard InChI is InChI=1S/C21H26N4O3/c22-7-13-6-14-9-24(10-16(13)14)8-12-2-1-3-15-17(12)11-25(21(15)28)18-4-5-19(26)23-20(18)27/h1-3,13-14,16,18H,4-11,22H2,(H,23,26,27)/t13-,14-,16-,18?/m0/s1. The van der Waals surface area contributed by atoms with Crippen LogP contribution in [0.3, 0.4) is 0 Å². The zero-order valence-electron chi connectivity index (χ0n) is 15.9. The monoisotopic (exact) mass is 382 g/mol. The van der Waals surface area contributed by atoms with Crippen LogP contribution < -0.4 is 11.1 Å². The minimum Gasteiger partial charge on any atom is -0.330 e. The van der Waals surface area contributed by atoms with Crippen molar-refractivity contribution in [3.63, 3.8) is 0 Å². The van der Waals surface area contributed by atoms with E-state index in [9.17, 15) is 14.4 Å². The summed E-state index contributed by atoms with van der Waals surface area (Å²) in [4.78, 5) is 40.7. The van der Waals surface area contributed by atoms with Crippen molar-refractivity contribution in [3.8, 4) is 0 Å². The van der Waals surface area contributed by atoms with Gasteiger partial charge in [0.15, 0.2) is 0 Å². The van der Waals surface area contributed by atoms with E-state index < -0.39 is 6.04 Å². The summed E-state index contributed by atoms with van der Waals surface area (Å²) in [5, 5.41) is 2.36. The van der Waals surface area contributed by atoms with Crippen molar-refractivity contribution in [1.82, 2.24) is 15.1 Å². The zero-order valence-corrected chi connectivity index (χ0v) is 15.9. The van der Waals surface area contributed by atoms with Crippen LogP contribution in [0.15, 0.2) is 18.2 Å². The van der Waals surface area contributed by atoms with Crippen molar-refractivity contribution in [3.05, 3.63) is 34.9 Å². The smallest absolute Gasteiger partial charge is 0.255 e. The number of likely N-dealkylation sites (tertiary alicyclic amines) is 1. The van der Waals surface area contributed by atoms with E-state index in [-0.39, 0.29) is 24.1 Å². The molecule has 0 radical (unpaired) electrons. The Kier molecular flexibility index (Phi) is 4.25. The van der Waals surface area contributed by atoms with Gasteiger partial charge in [-0.25, -0.2) is 0 Å². The van der Waals surface area contributed by atoms with Crippen molar-refractivity contribution in [2.24, 2.45) is 23.5 Å². The third kappa shape index (κ3) is 2.76. The quantitative estimate of drug-likeness (QED) is 0.739. The van der Waals surface area contributed by atoms with Crippen LogP contribution in [0.1, 0.15) is 40.7 Å². The first-order chi connectivity index (χ1) is 13.5. The molecule has 0 spiro atoms. The minimum absolute atomic E-state index is 0.101. The number of amides is 3. The fraction of sp³-hybridized carbons (Fsp3) is 0.571. The maximum Gasteiger partial charge on any atom is 0.255 e. The van der Waals surface area contributed by atoms with E-state index in [0.29, 0.717) is 24.4 Å². The second-order valence-electron chi connectivity index (χ2n) is 8.69. The van der Waals surface area contributed by atoms with Gasteiger partial charge in [0, 0.05) is 38.2 Å². The summed E-state index contributed by atoms with van der Waals surface area (Å²) in [5.41, 5.74) is 8.77. The van der Waals surface area contributed by atoms with Crippen LogP contribution in [0, 0.1) is 17.8 Å². The Morgan fingerprint density at radius 3 is 2.82 bits per heavy atom. The highest BCUT2D eigenvalue weighted by atomic mass is 16.2. The van der Waals surface area contributed by atoms with Crippen LogP contribution >= 0.6 is 0 Å². The minimum atomic E-state index is -0.557. The maximum atomic E-state index is 12.9. The van der Waals surface area contributed by atoms with Gasteiger partial charge in [-0.05, 0) is 54.3 Å². The molecule has 0 aromatic heterocycles. The average Bonchev–Trinajstić information content (AvgIpc) is 3.15. The van der Waals surface area contributed by atoms with E-state index in [0.717, 1.165) is 43.6 Å². The lowest BCUT2D eigenvalue weighted by Gasteiger charge is -2.38. The first-order valence-electron chi connectivity index (χ1n) is 10.2. The summed E-state index contributed by atoms with van der Waals surface area (Å²) in [5.74, 6) is 1.45. The van der Waals surface area contributed by atoms with Crippen LogP contribution in [0.2, 0.25) is 0 Å². The highest BCUT2D eigenvalue weighted by Gasteiger charge is 2.46. The zero-order chi connectivity index (χ0) is 19.4. The first-order valence-corrected chi connectivity index (χ1v) is 10.2. The number of hydrogen-bond acceptors (Lipinski definition) is 5. The molecule has 3 aliphatic heterocycles. The van der Waals surface area contributed by atoms with Crippen LogP contribution in [0.5, 0.6) is 0 Å². The van der Waals surface area contributed by atoms with Gasteiger partial charge in [0.1, 0.15) is 6.04 Å². The van der Waals surface area contributed by atoms with E-state index in [4.69, 9.17) is 5.73 Å². The van der Waals surface area contributed by atoms with Gasteiger partial charge < -0.3 is 10.6 Å². The molecule has 7 heteroatoms. The molecule has 4 aliphatic rings. The number of fused-ring (bicyclic) bond motifs is 2. The van der Waals surface area contributed by atoms with E-state index in [1.807, 2.05) is 12.1 Å². The molecule has 1 aliphatic carbocycles. The number of nitrogens with zero attached hydrogens (tertiary/aromatic N) is 2. The predicted molar refractivity (Wildman–Crippen MR) is 102 cm³/mol. The number of piperidine rings is 1. The Balaban J connectivity index is 1.33.